The summed E-state index contributed by atoms with van der Waals surface area (Å²) in [7, 11) is 0. The van der Waals surface area contributed by atoms with Crippen LogP contribution in [0.15, 0.2) is 12.4 Å². The molecule has 14 N–H and O–H groups in total. The summed E-state index contributed by atoms with van der Waals surface area (Å²) in [5.41, 5.74) is 0.0956. The zero-order valence-corrected chi connectivity index (χ0v) is 73.4. The predicted octanol–water partition coefficient (Wildman–Crippen LogP) is 5.29. The number of aromatic nitrogens is 6. The fourth-order valence-electron chi connectivity index (χ4n) is 13.8. The molecule has 116 heavy (non-hydrogen) atoms. The third-order valence-corrected chi connectivity index (χ3v) is 19.2. The molecule has 0 aromatic carbocycles. The Hall–Kier alpha value is -9.14. The molecule has 0 radical (unpaired) electrons. The first-order chi connectivity index (χ1) is 53.9. The van der Waals surface area contributed by atoms with Crippen LogP contribution in [0.25, 0.3) is 0 Å². The van der Waals surface area contributed by atoms with E-state index < -0.39 is 180 Å². The molecule has 3 heterocycles. The molecule has 3 rings (SSSR count). The van der Waals surface area contributed by atoms with Gasteiger partial charge in [-0.1, -0.05) is 177 Å². The van der Waals surface area contributed by atoms with Crippen LogP contribution in [0.1, 0.15) is 267 Å². The molecule has 4 bridgehead atoms. The van der Waals surface area contributed by atoms with Crippen molar-refractivity contribution >= 4 is 82.8 Å². The van der Waals surface area contributed by atoms with E-state index >= 15 is 0 Å². The molecule has 0 saturated heterocycles. The number of hydrogen-bond acceptors (Lipinski definition) is 18. The van der Waals surface area contributed by atoms with Crippen molar-refractivity contribution in [2.75, 3.05) is 0 Å². The largest absolute Gasteiger partial charge is 0.480 e. The molecule has 2 aromatic rings. The molecule has 0 aliphatic carbocycles. The molecule has 1 aliphatic rings. The Labute approximate surface area is 686 Å². The van der Waals surface area contributed by atoms with Crippen LogP contribution in [0.5, 0.6) is 0 Å². The molecular formula is C82H142N18O16. The number of hydrogen-bond donors (Lipinski definition) is 14. The van der Waals surface area contributed by atoms with Gasteiger partial charge in [-0.25, -0.2) is 19.0 Å². The zero-order chi connectivity index (χ0) is 88.0. The van der Waals surface area contributed by atoms with Crippen LogP contribution >= 0.6 is 0 Å². The van der Waals surface area contributed by atoms with E-state index in [-0.39, 0.29) is 159 Å². The maximum Gasteiger partial charge on any atom is 0.326 e. The van der Waals surface area contributed by atoms with Gasteiger partial charge in [-0.3, -0.25) is 57.5 Å². The number of fused-ring (bicyclic) bond motifs is 4. The van der Waals surface area contributed by atoms with Crippen LogP contribution < -0.4 is 63.8 Å². The second kappa shape index (κ2) is 48.5. The molecule has 0 spiro atoms. The van der Waals surface area contributed by atoms with Crippen molar-refractivity contribution in [3.8, 4) is 0 Å². The number of nitrogens with zero attached hydrogens (tertiary/aromatic N) is 6. The van der Waals surface area contributed by atoms with Gasteiger partial charge >= 0.3 is 11.9 Å². The molecule has 14 atom stereocenters. The highest BCUT2D eigenvalue weighted by Crippen LogP contribution is 2.24. The summed E-state index contributed by atoms with van der Waals surface area (Å²) < 4.78 is 2.49. The van der Waals surface area contributed by atoms with Crippen LogP contribution in [-0.4, -0.2) is 196 Å². The third-order valence-electron chi connectivity index (χ3n) is 19.2. The average Bonchev–Trinajstić information content (AvgIpc) is 1.87. The van der Waals surface area contributed by atoms with Crippen molar-refractivity contribution < 1.29 is 77.3 Å². The number of rotatable bonds is 26. The number of nitrogens with one attached hydrogen (secondary N) is 12. The van der Waals surface area contributed by atoms with Crippen molar-refractivity contribution in [2.24, 2.45) is 71.0 Å². The van der Waals surface area contributed by atoms with Gasteiger partial charge in [0.2, 0.25) is 70.9 Å². The molecule has 0 saturated carbocycles. The highest BCUT2D eigenvalue weighted by molar-refractivity contribution is 5.99. The van der Waals surface area contributed by atoms with Gasteiger partial charge in [-0.05, 0) is 148 Å². The van der Waals surface area contributed by atoms with Gasteiger partial charge < -0.3 is 74.0 Å². The summed E-state index contributed by atoms with van der Waals surface area (Å²) in [5.74, 6) is -14.4. The molecular weight excluding hydrogens is 1490 g/mol. The molecule has 1 aliphatic heterocycles. The van der Waals surface area contributed by atoms with Crippen LogP contribution in [-0.2, 0) is 80.0 Å². The Bertz CT molecular complexity index is 3340. The molecule has 2 aromatic heterocycles. The first-order valence-electron chi connectivity index (χ1n) is 41.8. The van der Waals surface area contributed by atoms with E-state index in [4.69, 9.17) is 0 Å². The van der Waals surface area contributed by atoms with E-state index in [1.165, 1.54) is 21.8 Å². The number of carbonyl (C=O) groups is 14. The van der Waals surface area contributed by atoms with Crippen molar-refractivity contribution in [1.29, 1.82) is 0 Å². The van der Waals surface area contributed by atoms with Gasteiger partial charge in [-0.15, -0.1) is 10.2 Å². The van der Waals surface area contributed by atoms with Crippen LogP contribution in [0.2, 0.25) is 0 Å². The Balaban J connectivity index is 2.32. The van der Waals surface area contributed by atoms with Crippen molar-refractivity contribution in [3.05, 3.63) is 23.8 Å². The molecule has 0 fully saturated rings. The Morgan fingerprint density at radius 3 is 0.560 bits per heavy atom. The molecule has 34 heteroatoms. The van der Waals surface area contributed by atoms with Gasteiger partial charge in [0.25, 0.3) is 0 Å². The number of carboxylic acids is 2. The summed E-state index contributed by atoms with van der Waals surface area (Å²) in [4.78, 5) is 202. The first-order valence-corrected chi connectivity index (χ1v) is 41.8. The minimum Gasteiger partial charge on any atom is -0.480 e. The van der Waals surface area contributed by atoms with Gasteiger partial charge in [0.05, 0.1) is 11.4 Å². The van der Waals surface area contributed by atoms with E-state index in [2.05, 4.69) is 84.4 Å². The zero-order valence-electron chi connectivity index (χ0n) is 73.4. The second-order valence-electron chi connectivity index (χ2n) is 36.8. The summed E-state index contributed by atoms with van der Waals surface area (Å²) in [6.45, 7) is 43.9. The monoisotopic (exact) mass is 1640 g/mol. The summed E-state index contributed by atoms with van der Waals surface area (Å²) >= 11 is 0. The number of carboxylic acid groups (broad SMARTS) is 2. The summed E-state index contributed by atoms with van der Waals surface area (Å²) in [6, 6.07) is -18.4. The van der Waals surface area contributed by atoms with Gasteiger partial charge in [-0.2, -0.15) is 0 Å². The topological polar surface area (TPSA) is 485 Å². The summed E-state index contributed by atoms with van der Waals surface area (Å²) in [6.07, 6.45) is 2.78. The van der Waals surface area contributed by atoms with E-state index in [0.29, 0.717) is 0 Å². The molecule has 12 amide bonds. The fourth-order valence-corrected chi connectivity index (χ4v) is 13.8. The van der Waals surface area contributed by atoms with Gasteiger partial charge in [0.15, 0.2) is 0 Å². The SMILES string of the molecule is CC(C)CC1NC(=O)[C@H](CC(C)C)NC(=O)[C@H](CC(C)C)NC(=O)[C@H](CC(C)C)NC(=O)[C@H](CC(C)C)NC(=O)C(CC(C)C)n2cc(nn2)C[C@@H](C(=O)O)NC(=O)C(CC(C)C)NC(=O)[C@H](CC(C)C)NC(=O)[C@H](CC(C)C)NC(=O)[C@H](CC(C)C)NC(=O)[C@H](CC(C)C)NC(=O)C(CC(C)C)n2cc(nn2)C[C@@H](C(=O)O)NC1=O. The first kappa shape index (κ1) is 101. The second-order valence-corrected chi connectivity index (χ2v) is 36.8. The van der Waals surface area contributed by atoms with E-state index in [1.807, 2.05) is 138 Å². The number of aliphatic carboxylic acids is 2. The van der Waals surface area contributed by atoms with Crippen molar-refractivity contribution in [3.63, 3.8) is 0 Å². The molecule has 656 valence electrons. The lowest BCUT2D eigenvalue weighted by atomic mass is 9.97. The molecule has 4 unspecified atom stereocenters. The highest BCUT2D eigenvalue weighted by Gasteiger charge is 2.40. The average molecular weight is 1640 g/mol. The summed E-state index contributed by atoms with van der Waals surface area (Å²) in [5, 5.41) is 71.7. The van der Waals surface area contributed by atoms with Crippen LogP contribution in [0.4, 0.5) is 0 Å². The Morgan fingerprint density at radius 1 is 0.267 bits per heavy atom. The highest BCUT2D eigenvalue weighted by atomic mass is 16.4. The Kier molecular flexibility index (Phi) is 42.3. The lowest BCUT2D eigenvalue weighted by molar-refractivity contribution is -0.142. The predicted molar refractivity (Wildman–Crippen MR) is 437 cm³/mol. The minimum absolute atomic E-state index is 0.0191. The maximum atomic E-state index is 14.7. The third kappa shape index (κ3) is 36.2. The van der Waals surface area contributed by atoms with E-state index in [9.17, 15) is 77.3 Å². The lowest BCUT2D eigenvalue weighted by Crippen LogP contribution is -2.60. The number of amides is 12. The lowest BCUT2D eigenvalue weighted by Gasteiger charge is -2.29. The van der Waals surface area contributed by atoms with Crippen LogP contribution in [0, 0.1) is 71.0 Å². The normalized spacial score (nSPS) is 25.1. The molecule has 34 nitrogen and oxygen atoms in total. The van der Waals surface area contributed by atoms with Gasteiger partial charge in [0, 0.05) is 25.2 Å². The van der Waals surface area contributed by atoms with E-state index in [1.54, 1.807) is 27.7 Å². The number of carbonyl (C=O) groups excluding carboxylic acids is 12. The van der Waals surface area contributed by atoms with Crippen molar-refractivity contribution in [2.45, 2.75) is 341 Å². The van der Waals surface area contributed by atoms with E-state index in [0.717, 1.165) is 0 Å². The van der Waals surface area contributed by atoms with Crippen molar-refractivity contribution in [1.82, 2.24) is 93.8 Å². The maximum absolute atomic E-state index is 14.7. The van der Waals surface area contributed by atoms with Gasteiger partial charge in [0.1, 0.15) is 84.6 Å². The smallest absolute Gasteiger partial charge is 0.326 e. The fraction of sp³-hybridized carbons (Fsp3) is 0.780. The standard InChI is InChI=1S/C82H142N18O16/c1-41(2)25-55-69(101)85-57(27-43(5)6)73(105)89-61(31-47(13)14)77(109)93-65(81(113)114)37-53-40-100(98-95-53)68(36-52(23)24)80(112)92-64(34-50(19)20)76(108)88-60(30-46(11)12)72(104)84-56(26-42(3)4)70(102)86-58(28-44(7)8)74(106)90-62(32-48(15)16)78(110)94-66(82(115)116)38-54-39-99(97-96-54)67(35-51(21)22)79(111)91-63(33-49(17)18)75(107)87-59(29-45(9)10)71(103)83-55/h39-52,55-68H,25-38H2,1-24H3,(H,83,103)(H,84,104)(H,85,101)(H,86,102)(H,87,107)(H,88,108)(H,89,105)(H,90,106)(H,91,111)(H,92,112)(H,93,109)(H,94,110)(H,113,114)(H,115,116)/t55-,56-,57-,58-,59-,60-,61?,62?,63-,64-,65-,66-,67?,68?/m0/s1. The quantitative estimate of drug-likeness (QED) is 0.0569. The van der Waals surface area contributed by atoms with Crippen LogP contribution in [0.3, 0.4) is 0 Å². The Morgan fingerprint density at radius 2 is 0.414 bits per heavy atom. The minimum atomic E-state index is -1.66.